The van der Waals surface area contributed by atoms with Crippen molar-refractivity contribution in [1.82, 2.24) is 9.38 Å². The fraction of sp³-hybridized carbons (Fsp3) is 0.188. The van der Waals surface area contributed by atoms with Crippen molar-refractivity contribution in [3.8, 4) is 17.0 Å². The van der Waals surface area contributed by atoms with Crippen molar-refractivity contribution in [3.63, 3.8) is 0 Å². The number of ether oxygens (including phenoxy) is 1. The average molecular weight is 302 g/mol. The molecule has 0 aliphatic rings. The molecule has 0 aliphatic heterocycles. The molecule has 0 aliphatic carbocycles. The summed E-state index contributed by atoms with van der Waals surface area (Å²) < 4.78 is 7.32. The maximum Gasteiger partial charge on any atom is 0.139 e. The highest BCUT2D eigenvalue weighted by Crippen LogP contribution is 2.37. The number of hydrogen-bond acceptors (Lipinski definition) is 3. The lowest BCUT2D eigenvalue weighted by Crippen LogP contribution is -1.97. The summed E-state index contributed by atoms with van der Waals surface area (Å²) in [5.74, 6) is 1.35. The summed E-state index contributed by atoms with van der Waals surface area (Å²) in [6.07, 6.45) is 1.76. The number of methoxy groups -OCH3 is 1. The highest BCUT2D eigenvalue weighted by Gasteiger charge is 2.17. The van der Waals surface area contributed by atoms with Crippen molar-refractivity contribution < 1.29 is 4.74 Å². The van der Waals surface area contributed by atoms with E-state index in [1.54, 1.807) is 23.8 Å². The maximum atomic E-state index is 6.25. The van der Waals surface area contributed by atoms with Gasteiger partial charge < -0.3 is 10.5 Å². The molecule has 108 valence electrons. The van der Waals surface area contributed by atoms with Gasteiger partial charge in [-0.3, -0.25) is 4.40 Å². The van der Waals surface area contributed by atoms with Gasteiger partial charge in [-0.15, -0.1) is 0 Å². The molecule has 2 heterocycles. The number of nitrogen functional groups attached to an aromatic ring is 1. The predicted octanol–water partition coefficient (Wildman–Crippen LogP) is 3.86. The van der Waals surface area contributed by atoms with Crippen molar-refractivity contribution in [1.29, 1.82) is 0 Å². The largest absolute Gasteiger partial charge is 0.496 e. The van der Waals surface area contributed by atoms with Crippen molar-refractivity contribution >= 4 is 23.1 Å². The van der Waals surface area contributed by atoms with Crippen LogP contribution in [0, 0.1) is 13.8 Å². The van der Waals surface area contributed by atoms with Crippen LogP contribution in [0.2, 0.25) is 5.02 Å². The molecule has 0 saturated heterocycles. The Morgan fingerprint density at radius 2 is 2.00 bits per heavy atom. The molecule has 0 spiro atoms. The van der Waals surface area contributed by atoms with Gasteiger partial charge in [0.1, 0.15) is 22.9 Å². The molecule has 3 rings (SSSR count). The van der Waals surface area contributed by atoms with Crippen LogP contribution in [-0.2, 0) is 0 Å². The first-order valence-corrected chi connectivity index (χ1v) is 6.97. The average Bonchev–Trinajstić information content (AvgIpc) is 2.75. The normalized spacial score (nSPS) is 11.0. The highest BCUT2D eigenvalue weighted by atomic mass is 35.5. The number of aromatic nitrogens is 2. The van der Waals surface area contributed by atoms with E-state index >= 15 is 0 Å². The Kier molecular flexibility index (Phi) is 3.26. The van der Waals surface area contributed by atoms with Gasteiger partial charge >= 0.3 is 0 Å². The van der Waals surface area contributed by atoms with Gasteiger partial charge in [0.25, 0.3) is 0 Å². The van der Waals surface area contributed by atoms with Gasteiger partial charge in [-0.05, 0) is 43.2 Å². The zero-order valence-corrected chi connectivity index (χ0v) is 12.9. The third-order valence-corrected chi connectivity index (χ3v) is 3.72. The summed E-state index contributed by atoms with van der Waals surface area (Å²) in [5.41, 5.74) is 10.8. The van der Waals surface area contributed by atoms with E-state index in [1.165, 1.54) is 0 Å². The molecule has 0 fully saturated rings. The molecule has 5 heteroatoms. The molecular weight excluding hydrogens is 286 g/mol. The first-order chi connectivity index (χ1) is 10.0. The van der Waals surface area contributed by atoms with Gasteiger partial charge in [-0.25, -0.2) is 4.98 Å². The van der Waals surface area contributed by atoms with Crippen molar-refractivity contribution in [2.75, 3.05) is 12.8 Å². The minimum absolute atomic E-state index is 0.552. The lowest BCUT2D eigenvalue weighted by Gasteiger charge is -2.11. The molecule has 0 atom stereocenters. The third kappa shape index (κ3) is 2.21. The number of anilines is 1. The zero-order valence-electron chi connectivity index (χ0n) is 12.1. The van der Waals surface area contributed by atoms with Gasteiger partial charge in [0.2, 0.25) is 0 Å². The summed E-state index contributed by atoms with van der Waals surface area (Å²) in [4.78, 5) is 4.61. The number of nitrogens with two attached hydrogens (primary N) is 1. The van der Waals surface area contributed by atoms with Gasteiger partial charge in [-0.2, -0.15) is 0 Å². The van der Waals surface area contributed by atoms with Crippen LogP contribution in [0.4, 0.5) is 5.82 Å². The van der Waals surface area contributed by atoms with Crippen molar-refractivity contribution in [3.05, 3.63) is 46.6 Å². The summed E-state index contributed by atoms with van der Waals surface area (Å²) in [7, 11) is 1.66. The van der Waals surface area contributed by atoms with Crippen LogP contribution < -0.4 is 10.5 Å². The van der Waals surface area contributed by atoms with E-state index in [4.69, 9.17) is 22.1 Å². The number of benzene rings is 1. The van der Waals surface area contributed by atoms with Gasteiger partial charge in [0.05, 0.1) is 12.1 Å². The van der Waals surface area contributed by atoms with Crippen LogP contribution in [0.3, 0.4) is 0 Å². The van der Waals surface area contributed by atoms with Crippen LogP contribution in [0.5, 0.6) is 5.75 Å². The summed E-state index contributed by atoms with van der Waals surface area (Å²) in [6.45, 7) is 4.05. The minimum Gasteiger partial charge on any atom is -0.496 e. The molecule has 4 nitrogen and oxygen atoms in total. The van der Waals surface area contributed by atoms with Crippen molar-refractivity contribution in [2.24, 2.45) is 0 Å². The standard InChI is InChI=1S/C16H16ClN3O/c1-9-6-10(2)15(21-3)12(7-9)14-16(18)20-8-11(17)4-5-13(20)19-14/h4-8H,18H2,1-3H3. The molecule has 0 amide bonds. The quantitative estimate of drug-likeness (QED) is 0.782. The predicted molar refractivity (Wildman–Crippen MR) is 86.1 cm³/mol. The van der Waals surface area contributed by atoms with Crippen molar-refractivity contribution in [2.45, 2.75) is 13.8 Å². The molecule has 1 aromatic carbocycles. The third-order valence-electron chi connectivity index (χ3n) is 3.50. The fourth-order valence-corrected chi connectivity index (χ4v) is 2.80. The van der Waals surface area contributed by atoms with E-state index in [9.17, 15) is 0 Å². The monoisotopic (exact) mass is 301 g/mol. The number of nitrogens with zero attached hydrogens (tertiary/aromatic N) is 2. The second-order valence-electron chi connectivity index (χ2n) is 5.08. The highest BCUT2D eigenvalue weighted by molar-refractivity contribution is 6.30. The molecule has 2 N–H and O–H groups in total. The minimum atomic E-state index is 0.552. The molecule has 0 radical (unpaired) electrons. The van der Waals surface area contributed by atoms with Crippen LogP contribution in [0.1, 0.15) is 11.1 Å². The first kappa shape index (κ1) is 13.8. The molecular formula is C16H16ClN3O. The number of halogens is 1. The van der Waals surface area contributed by atoms with Gasteiger partial charge in [-0.1, -0.05) is 17.7 Å². The number of imidazole rings is 1. The smallest absolute Gasteiger partial charge is 0.139 e. The number of rotatable bonds is 2. The van der Waals surface area contributed by atoms with Crippen LogP contribution in [-0.4, -0.2) is 16.5 Å². The Balaban J connectivity index is 2.33. The van der Waals surface area contributed by atoms with E-state index < -0.39 is 0 Å². The maximum absolute atomic E-state index is 6.25. The number of aryl methyl sites for hydroxylation is 2. The SMILES string of the molecule is COc1c(C)cc(C)cc1-c1nc2ccc(Cl)cn2c1N. The van der Waals surface area contributed by atoms with Gasteiger partial charge in [0.15, 0.2) is 0 Å². The molecule has 0 saturated carbocycles. The van der Waals surface area contributed by atoms with Crippen LogP contribution in [0.15, 0.2) is 30.5 Å². The van der Waals surface area contributed by atoms with Crippen LogP contribution >= 0.6 is 11.6 Å². The number of hydrogen-bond donors (Lipinski definition) is 1. The lowest BCUT2D eigenvalue weighted by atomic mass is 10.0. The van der Waals surface area contributed by atoms with E-state index in [2.05, 4.69) is 11.1 Å². The molecule has 0 unspecified atom stereocenters. The Bertz CT molecular complexity index is 839. The van der Waals surface area contributed by atoms with E-state index in [-0.39, 0.29) is 0 Å². The number of pyridine rings is 1. The number of fused-ring (bicyclic) bond motifs is 1. The molecule has 3 aromatic rings. The summed E-state index contributed by atoms with van der Waals surface area (Å²) >= 11 is 6.03. The second kappa shape index (κ2) is 4.97. The molecule has 21 heavy (non-hydrogen) atoms. The van der Waals surface area contributed by atoms with E-state index in [0.717, 1.165) is 28.1 Å². The lowest BCUT2D eigenvalue weighted by molar-refractivity contribution is 0.413. The van der Waals surface area contributed by atoms with Crippen LogP contribution in [0.25, 0.3) is 16.9 Å². The van der Waals surface area contributed by atoms with E-state index in [0.29, 0.717) is 16.5 Å². The fourth-order valence-electron chi connectivity index (χ4n) is 2.64. The topological polar surface area (TPSA) is 52.5 Å². The first-order valence-electron chi connectivity index (χ1n) is 6.60. The summed E-state index contributed by atoms with van der Waals surface area (Å²) in [6, 6.07) is 7.75. The summed E-state index contributed by atoms with van der Waals surface area (Å²) in [5, 5.41) is 0.616. The zero-order chi connectivity index (χ0) is 15.1. The molecule has 0 bridgehead atoms. The molecule has 2 aromatic heterocycles. The Labute approximate surface area is 128 Å². The Hall–Kier alpha value is -2.20. The van der Waals surface area contributed by atoms with Gasteiger partial charge in [0, 0.05) is 11.8 Å². The Morgan fingerprint density at radius 1 is 1.24 bits per heavy atom. The van der Waals surface area contributed by atoms with E-state index in [1.807, 2.05) is 26.0 Å². The Morgan fingerprint density at radius 3 is 2.71 bits per heavy atom. The second-order valence-corrected chi connectivity index (χ2v) is 5.52.